The van der Waals surface area contributed by atoms with Gasteiger partial charge in [-0.3, -0.25) is 4.39 Å². The second-order valence-electron chi connectivity index (χ2n) is 9.80. The fraction of sp³-hybridized carbons (Fsp3) is 1.00. The van der Waals surface area contributed by atoms with Gasteiger partial charge in [-0.25, -0.2) is 0 Å². The van der Waals surface area contributed by atoms with E-state index in [1.54, 1.807) is 0 Å². The Kier molecular flexibility index (Phi) is 10.7. The number of alkyl halides is 1. The minimum Gasteiger partial charge on any atom is -0.379 e. The van der Waals surface area contributed by atoms with Gasteiger partial charge in [-0.2, -0.15) is 0 Å². The van der Waals surface area contributed by atoms with Crippen LogP contribution in [0.25, 0.3) is 0 Å². The second-order valence-corrected chi connectivity index (χ2v) is 9.80. The van der Waals surface area contributed by atoms with Crippen LogP contribution in [0, 0.1) is 10.8 Å². The lowest BCUT2D eigenvalue weighted by Crippen LogP contribution is -2.23. The van der Waals surface area contributed by atoms with E-state index < -0.39 is 0 Å². The molecule has 0 aromatic carbocycles. The van der Waals surface area contributed by atoms with Crippen LogP contribution in [0.3, 0.4) is 0 Å². The normalized spacial score (nSPS) is 14.9. The molecule has 0 bridgehead atoms. The molecule has 0 rings (SSSR count). The average Bonchev–Trinajstić information content (AvgIpc) is 2.40. The minimum atomic E-state index is -0.226. The van der Waals surface area contributed by atoms with Crippen molar-refractivity contribution in [1.82, 2.24) is 0 Å². The van der Waals surface area contributed by atoms with Crippen molar-refractivity contribution in [3.8, 4) is 0 Å². The SMILES string of the molecule is CC(CCC(C)(C)CCF)OCCCC(C)(C)CCOC(C)(C)C. The van der Waals surface area contributed by atoms with Crippen LogP contribution in [0.4, 0.5) is 4.39 Å². The summed E-state index contributed by atoms with van der Waals surface area (Å²) in [7, 11) is 0. The van der Waals surface area contributed by atoms with Crippen LogP contribution in [0.15, 0.2) is 0 Å². The van der Waals surface area contributed by atoms with Gasteiger partial charge in [0.25, 0.3) is 0 Å². The van der Waals surface area contributed by atoms with Crippen molar-refractivity contribution >= 4 is 0 Å². The van der Waals surface area contributed by atoms with E-state index in [0.29, 0.717) is 11.8 Å². The quantitative estimate of drug-likeness (QED) is 0.351. The number of halogens is 1. The Morgan fingerprint density at radius 3 is 1.92 bits per heavy atom. The molecule has 0 fully saturated rings. The molecule has 0 aromatic heterocycles. The average molecular weight is 347 g/mol. The van der Waals surface area contributed by atoms with Gasteiger partial charge in [-0.1, -0.05) is 27.7 Å². The lowest BCUT2D eigenvalue weighted by Gasteiger charge is -2.28. The zero-order chi connectivity index (χ0) is 18.9. The Morgan fingerprint density at radius 1 is 0.792 bits per heavy atom. The summed E-state index contributed by atoms with van der Waals surface area (Å²) in [5, 5.41) is 0. The molecule has 0 amide bonds. The first-order chi connectivity index (χ1) is 10.9. The molecule has 3 heteroatoms. The van der Waals surface area contributed by atoms with Crippen LogP contribution >= 0.6 is 0 Å². The largest absolute Gasteiger partial charge is 0.379 e. The number of rotatable bonds is 13. The molecule has 0 aliphatic heterocycles. The molecule has 0 aliphatic rings. The van der Waals surface area contributed by atoms with Crippen molar-refractivity contribution in [2.75, 3.05) is 19.9 Å². The topological polar surface area (TPSA) is 18.5 Å². The Bertz CT molecular complexity index is 318. The maximum absolute atomic E-state index is 12.5. The van der Waals surface area contributed by atoms with Gasteiger partial charge in [0, 0.05) is 13.2 Å². The summed E-state index contributed by atoms with van der Waals surface area (Å²) in [6, 6.07) is 0. The monoisotopic (exact) mass is 346 g/mol. The second kappa shape index (κ2) is 10.8. The number of ether oxygens (including phenoxy) is 2. The Hall–Kier alpha value is -0.150. The highest BCUT2D eigenvalue weighted by Gasteiger charge is 2.20. The molecule has 2 nitrogen and oxygen atoms in total. The summed E-state index contributed by atoms with van der Waals surface area (Å²) in [4.78, 5) is 0. The van der Waals surface area contributed by atoms with Crippen LogP contribution < -0.4 is 0 Å². The molecule has 146 valence electrons. The van der Waals surface area contributed by atoms with E-state index in [0.717, 1.165) is 45.3 Å². The van der Waals surface area contributed by atoms with Crippen molar-refractivity contribution in [1.29, 1.82) is 0 Å². The first-order valence-corrected chi connectivity index (χ1v) is 9.68. The Balaban J connectivity index is 3.82. The van der Waals surface area contributed by atoms with Gasteiger partial charge in [0.05, 0.1) is 18.4 Å². The Morgan fingerprint density at radius 2 is 1.38 bits per heavy atom. The highest BCUT2D eigenvalue weighted by Crippen LogP contribution is 2.29. The maximum Gasteiger partial charge on any atom is 0.0899 e. The molecular formula is C21H43FO2. The lowest BCUT2D eigenvalue weighted by atomic mass is 9.84. The van der Waals surface area contributed by atoms with Gasteiger partial charge in [0.1, 0.15) is 0 Å². The standard InChI is InChI=1S/C21H43FO2/c1-18(10-12-21(7,8)13-15-22)23-16-9-11-20(5,6)14-17-24-19(2,3)4/h18H,9-17H2,1-8H3. The summed E-state index contributed by atoms with van der Waals surface area (Å²) in [5.41, 5.74) is 0.326. The smallest absolute Gasteiger partial charge is 0.0899 e. The van der Waals surface area contributed by atoms with Crippen molar-refractivity contribution in [3.63, 3.8) is 0 Å². The summed E-state index contributed by atoms with van der Waals surface area (Å²) in [6.45, 7) is 18.7. The molecule has 0 heterocycles. The van der Waals surface area contributed by atoms with Crippen molar-refractivity contribution in [3.05, 3.63) is 0 Å². The van der Waals surface area contributed by atoms with Gasteiger partial charge >= 0.3 is 0 Å². The van der Waals surface area contributed by atoms with Crippen molar-refractivity contribution < 1.29 is 13.9 Å². The zero-order valence-corrected chi connectivity index (χ0v) is 17.6. The predicted molar refractivity (Wildman–Crippen MR) is 102 cm³/mol. The first-order valence-electron chi connectivity index (χ1n) is 9.68. The maximum atomic E-state index is 12.5. The highest BCUT2D eigenvalue weighted by atomic mass is 19.1. The molecule has 1 atom stereocenters. The molecule has 24 heavy (non-hydrogen) atoms. The van der Waals surface area contributed by atoms with E-state index in [2.05, 4.69) is 55.4 Å². The molecule has 0 saturated heterocycles. The molecule has 0 radical (unpaired) electrons. The van der Waals surface area contributed by atoms with Gasteiger partial charge in [-0.15, -0.1) is 0 Å². The minimum absolute atomic E-state index is 0.0510. The Labute approximate surface area is 150 Å². The van der Waals surface area contributed by atoms with Gasteiger partial charge in [0.2, 0.25) is 0 Å². The molecule has 0 aliphatic carbocycles. The number of hydrogen-bond acceptors (Lipinski definition) is 2. The highest BCUT2D eigenvalue weighted by molar-refractivity contribution is 4.71. The fourth-order valence-electron chi connectivity index (χ4n) is 2.65. The van der Waals surface area contributed by atoms with E-state index in [1.807, 2.05) is 0 Å². The summed E-state index contributed by atoms with van der Waals surface area (Å²) in [5.74, 6) is 0. The van der Waals surface area contributed by atoms with E-state index in [9.17, 15) is 4.39 Å². The molecular weight excluding hydrogens is 303 g/mol. The van der Waals surface area contributed by atoms with Gasteiger partial charge < -0.3 is 9.47 Å². The van der Waals surface area contributed by atoms with Gasteiger partial charge in [0.15, 0.2) is 0 Å². The molecule has 0 spiro atoms. The summed E-state index contributed by atoms with van der Waals surface area (Å²) in [6.07, 6.45) is 6.25. The van der Waals surface area contributed by atoms with Crippen LogP contribution in [-0.2, 0) is 9.47 Å². The van der Waals surface area contributed by atoms with E-state index in [-0.39, 0.29) is 23.8 Å². The first kappa shape index (κ1) is 23.9. The van der Waals surface area contributed by atoms with E-state index in [4.69, 9.17) is 9.47 Å². The van der Waals surface area contributed by atoms with Crippen LogP contribution in [0.1, 0.15) is 93.9 Å². The third kappa shape index (κ3) is 14.2. The fourth-order valence-corrected chi connectivity index (χ4v) is 2.65. The zero-order valence-electron chi connectivity index (χ0n) is 17.6. The third-order valence-corrected chi connectivity index (χ3v) is 4.71. The third-order valence-electron chi connectivity index (χ3n) is 4.71. The lowest BCUT2D eigenvalue weighted by molar-refractivity contribution is -0.0178. The van der Waals surface area contributed by atoms with Crippen LogP contribution in [0.2, 0.25) is 0 Å². The summed E-state index contributed by atoms with van der Waals surface area (Å²) >= 11 is 0. The van der Waals surface area contributed by atoms with Crippen LogP contribution in [-0.4, -0.2) is 31.6 Å². The van der Waals surface area contributed by atoms with Crippen LogP contribution in [0.5, 0.6) is 0 Å². The molecule has 0 N–H and O–H groups in total. The molecule has 0 aromatic rings. The summed E-state index contributed by atoms with van der Waals surface area (Å²) < 4.78 is 24.3. The van der Waals surface area contributed by atoms with E-state index in [1.165, 1.54) is 0 Å². The van der Waals surface area contributed by atoms with E-state index >= 15 is 0 Å². The predicted octanol–water partition coefficient (Wildman–Crippen LogP) is 6.57. The van der Waals surface area contributed by atoms with Gasteiger partial charge in [-0.05, 0) is 77.0 Å². The molecule has 0 saturated carbocycles. The molecule has 1 unspecified atom stereocenters. The van der Waals surface area contributed by atoms with Crippen molar-refractivity contribution in [2.24, 2.45) is 10.8 Å². The van der Waals surface area contributed by atoms with Crippen molar-refractivity contribution in [2.45, 2.75) is 106 Å². The number of hydrogen-bond donors (Lipinski definition) is 0.